The van der Waals surface area contributed by atoms with Crippen LogP contribution in [0.3, 0.4) is 0 Å². The molecule has 1 aromatic heterocycles. The summed E-state index contributed by atoms with van der Waals surface area (Å²) >= 11 is 0. The molecule has 0 aliphatic rings. The van der Waals surface area contributed by atoms with Crippen LogP contribution in [0.25, 0.3) is 0 Å². The van der Waals surface area contributed by atoms with E-state index in [4.69, 9.17) is 0 Å². The van der Waals surface area contributed by atoms with Gasteiger partial charge in [0.05, 0.1) is 6.04 Å². The maximum Gasteiger partial charge on any atom is 0.137 e. The Morgan fingerprint density at radius 2 is 2.13 bits per heavy atom. The van der Waals surface area contributed by atoms with E-state index in [0.717, 1.165) is 13.0 Å². The lowest BCUT2D eigenvalue weighted by molar-refractivity contribution is 0.304. The van der Waals surface area contributed by atoms with Crippen molar-refractivity contribution < 1.29 is 0 Å². The first-order valence-corrected chi connectivity index (χ1v) is 5.90. The predicted octanol–water partition coefficient (Wildman–Crippen LogP) is 2.01. The Hall–Kier alpha value is -0.900. The summed E-state index contributed by atoms with van der Waals surface area (Å²) in [4.78, 5) is 4.02. The smallest absolute Gasteiger partial charge is 0.137 e. The van der Waals surface area contributed by atoms with Gasteiger partial charge in [0.1, 0.15) is 12.7 Å². The first-order valence-electron chi connectivity index (χ1n) is 5.90. The molecule has 1 N–H and O–H groups in total. The molecule has 0 spiro atoms. The molecule has 2 unspecified atom stereocenters. The molecule has 0 aromatic carbocycles. The number of hydrogen-bond acceptors (Lipinski definition) is 3. The number of hydrogen-bond donors (Lipinski definition) is 1. The van der Waals surface area contributed by atoms with Crippen LogP contribution in [0.1, 0.15) is 46.1 Å². The standard InChI is InChI=1S/C11H22N4/c1-4-7-10(13-6-3)11(5-2)15-9-12-8-14-15/h8-11,13H,4-7H2,1-3H3. The van der Waals surface area contributed by atoms with Crippen LogP contribution in [0, 0.1) is 0 Å². The number of nitrogens with zero attached hydrogens (tertiary/aromatic N) is 3. The van der Waals surface area contributed by atoms with Crippen LogP contribution in [0.15, 0.2) is 12.7 Å². The average molecular weight is 210 g/mol. The molecule has 0 amide bonds. The van der Waals surface area contributed by atoms with Crippen molar-refractivity contribution in [1.82, 2.24) is 20.1 Å². The first kappa shape index (κ1) is 12.2. The fourth-order valence-corrected chi connectivity index (χ4v) is 2.05. The summed E-state index contributed by atoms with van der Waals surface area (Å²) in [5.41, 5.74) is 0. The summed E-state index contributed by atoms with van der Waals surface area (Å²) in [7, 11) is 0. The van der Waals surface area contributed by atoms with Gasteiger partial charge in [-0.2, -0.15) is 5.10 Å². The van der Waals surface area contributed by atoms with E-state index in [9.17, 15) is 0 Å². The molecule has 4 nitrogen and oxygen atoms in total. The molecule has 0 aliphatic carbocycles. The zero-order valence-electron chi connectivity index (χ0n) is 9.98. The summed E-state index contributed by atoms with van der Waals surface area (Å²) in [6, 6.07) is 0.930. The highest BCUT2D eigenvalue weighted by atomic mass is 15.3. The normalized spacial score (nSPS) is 15.1. The van der Waals surface area contributed by atoms with Crippen molar-refractivity contribution in [1.29, 1.82) is 0 Å². The third-order valence-electron chi connectivity index (χ3n) is 2.73. The van der Waals surface area contributed by atoms with Crippen molar-refractivity contribution in [3.05, 3.63) is 12.7 Å². The molecule has 0 saturated heterocycles. The maximum atomic E-state index is 4.24. The van der Waals surface area contributed by atoms with Crippen LogP contribution in [-0.2, 0) is 0 Å². The molecule has 1 aromatic rings. The van der Waals surface area contributed by atoms with Crippen molar-refractivity contribution in [3.63, 3.8) is 0 Å². The van der Waals surface area contributed by atoms with Crippen LogP contribution >= 0.6 is 0 Å². The fourth-order valence-electron chi connectivity index (χ4n) is 2.05. The van der Waals surface area contributed by atoms with Crippen LogP contribution < -0.4 is 5.32 Å². The van der Waals surface area contributed by atoms with Gasteiger partial charge in [0.2, 0.25) is 0 Å². The summed E-state index contributed by atoms with van der Waals surface area (Å²) in [6.07, 6.45) is 6.89. The van der Waals surface area contributed by atoms with Gasteiger partial charge in [-0.3, -0.25) is 0 Å². The van der Waals surface area contributed by atoms with Crippen LogP contribution in [-0.4, -0.2) is 27.4 Å². The molecule has 0 saturated carbocycles. The van der Waals surface area contributed by atoms with Gasteiger partial charge >= 0.3 is 0 Å². The maximum absolute atomic E-state index is 4.24. The van der Waals surface area contributed by atoms with Gasteiger partial charge in [-0.1, -0.05) is 27.2 Å². The SMILES string of the molecule is CCCC(NCC)C(CC)n1cncn1. The van der Waals surface area contributed by atoms with E-state index in [1.54, 1.807) is 6.33 Å². The Morgan fingerprint density at radius 3 is 2.60 bits per heavy atom. The van der Waals surface area contributed by atoms with E-state index < -0.39 is 0 Å². The van der Waals surface area contributed by atoms with Gasteiger partial charge in [-0.25, -0.2) is 9.67 Å². The Labute approximate surface area is 92.1 Å². The van der Waals surface area contributed by atoms with E-state index in [2.05, 4.69) is 36.2 Å². The van der Waals surface area contributed by atoms with Gasteiger partial charge in [0, 0.05) is 6.04 Å². The number of likely N-dealkylation sites (N-methyl/N-ethyl adjacent to an activating group) is 1. The monoisotopic (exact) mass is 210 g/mol. The molecular weight excluding hydrogens is 188 g/mol. The summed E-state index contributed by atoms with van der Waals surface area (Å²) in [6.45, 7) is 7.58. The molecule has 0 radical (unpaired) electrons. The summed E-state index contributed by atoms with van der Waals surface area (Å²) < 4.78 is 1.98. The van der Waals surface area contributed by atoms with E-state index in [0.29, 0.717) is 12.1 Å². The lowest BCUT2D eigenvalue weighted by Crippen LogP contribution is -2.37. The highest BCUT2D eigenvalue weighted by Gasteiger charge is 2.20. The second-order valence-electron chi connectivity index (χ2n) is 3.80. The summed E-state index contributed by atoms with van der Waals surface area (Å²) in [5.74, 6) is 0. The molecule has 0 bridgehead atoms. The zero-order chi connectivity index (χ0) is 11.1. The van der Waals surface area contributed by atoms with E-state index in [1.165, 1.54) is 12.8 Å². The van der Waals surface area contributed by atoms with Crippen molar-refractivity contribution in [2.45, 2.75) is 52.1 Å². The lowest BCUT2D eigenvalue weighted by Gasteiger charge is -2.26. The van der Waals surface area contributed by atoms with Crippen molar-refractivity contribution >= 4 is 0 Å². The molecule has 0 fully saturated rings. The third-order valence-corrected chi connectivity index (χ3v) is 2.73. The molecule has 15 heavy (non-hydrogen) atoms. The lowest BCUT2D eigenvalue weighted by atomic mass is 10.0. The minimum atomic E-state index is 0.424. The van der Waals surface area contributed by atoms with Crippen molar-refractivity contribution in [2.24, 2.45) is 0 Å². The summed E-state index contributed by atoms with van der Waals surface area (Å²) in [5, 5.41) is 7.77. The molecule has 2 atom stereocenters. The Morgan fingerprint density at radius 1 is 1.33 bits per heavy atom. The van der Waals surface area contributed by atoms with Gasteiger partial charge < -0.3 is 5.32 Å². The molecule has 0 aliphatic heterocycles. The second kappa shape index (κ2) is 6.56. The molecule has 86 valence electrons. The molecule has 4 heteroatoms. The Bertz CT molecular complexity index is 239. The Balaban J connectivity index is 2.69. The van der Waals surface area contributed by atoms with Gasteiger partial charge in [-0.05, 0) is 19.4 Å². The third kappa shape index (κ3) is 3.30. The van der Waals surface area contributed by atoms with E-state index in [-0.39, 0.29) is 0 Å². The Kier molecular flexibility index (Phi) is 5.32. The van der Waals surface area contributed by atoms with Gasteiger partial charge in [0.25, 0.3) is 0 Å². The molecule has 1 rings (SSSR count). The number of rotatable bonds is 7. The predicted molar refractivity (Wildman–Crippen MR) is 61.7 cm³/mol. The minimum absolute atomic E-state index is 0.424. The van der Waals surface area contributed by atoms with E-state index >= 15 is 0 Å². The van der Waals surface area contributed by atoms with Crippen molar-refractivity contribution in [2.75, 3.05) is 6.54 Å². The largest absolute Gasteiger partial charge is 0.312 e. The first-order chi connectivity index (χ1) is 7.33. The van der Waals surface area contributed by atoms with Gasteiger partial charge in [0.15, 0.2) is 0 Å². The topological polar surface area (TPSA) is 42.7 Å². The minimum Gasteiger partial charge on any atom is -0.312 e. The van der Waals surface area contributed by atoms with Crippen LogP contribution in [0.4, 0.5) is 0 Å². The number of aromatic nitrogens is 3. The zero-order valence-corrected chi connectivity index (χ0v) is 9.98. The number of nitrogens with one attached hydrogen (secondary N) is 1. The highest BCUT2D eigenvalue weighted by molar-refractivity contribution is 4.80. The second-order valence-corrected chi connectivity index (χ2v) is 3.80. The molecular formula is C11H22N4. The quantitative estimate of drug-likeness (QED) is 0.748. The van der Waals surface area contributed by atoms with Crippen molar-refractivity contribution in [3.8, 4) is 0 Å². The van der Waals surface area contributed by atoms with Crippen LogP contribution in [0.5, 0.6) is 0 Å². The van der Waals surface area contributed by atoms with E-state index in [1.807, 2.05) is 11.0 Å². The highest BCUT2D eigenvalue weighted by Crippen LogP contribution is 2.18. The molecule has 1 heterocycles. The average Bonchev–Trinajstić information content (AvgIpc) is 2.73. The van der Waals surface area contributed by atoms with Crippen LogP contribution in [0.2, 0.25) is 0 Å². The van der Waals surface area contributed by atoms with Gasteiger partial charge in [-0.15, -0.1) is 0 Å². The fraction of sp³-hybridized carbons (Fsp3) is 0.818.